The minimum absolute atomic E-state index is 0.194. The number of aryl methyl sites for hydroxylation is 1. The number of nitrogens with zero attached hydrogens (tertiary/aromatic N) is 1. The van der Waals surface area contributed by atoms with Crippen LogP contribution in [0.3, 0.4) is 0 Å². The van der Waals surface area contributed by atoms with E-state index in [4.69, 9.17) is 5.11 Å². The predicted octanol–water partition coefficient (Wildman–Crippen LogP) is 1.59. The molecule has 4 nitrogen and oxygen atoms in total. The number of fused-ring (bicyclic) bond motifs is 1. The van der Waals surface area contributed by atoms with E-state index in [0.717, 1.165) is 36.5 Å². The quantitative estimate of drug-likeness (QED) is 0.719. The topological polar surface area (TPSA) is 62.2 Å². The summed E-state index contributed by atoms with van der Waals surface area (Å²) in [7, 11) is 0. The first kappa shape index (κ1) is 8.50. The monoisotopic (exact) mass is 198 g/mol. The van der Waals surface area contributed by atoms with Crippen molar-refractivity contribution in [3.63, 3.8) is 0 Å². The molecule has 70 valence electrons. The van der Waals surface area contributed by atoms with Crippen LogP contribution in [-0.2, 0) is 6.42 Å². The van der Waals surface area contributed by atoms with Gasteiger partial charge in [0.2, 0.25) is 5.01 Å². The number of anilines is 1. The van der Waals surface area contributed by atoms with Crippen molar-refractivity contribution in [2.75, 3.05) is 11.9 Å². The highest BCUT2D eigenvalue weighted by molar-refractivity contribution is 7.17. The first-order valence-electron chi connectivity index (χ1n) is 4.24. The molecule has 0 saturated carbocycles. The Hall–Kier alpha value is -1.10. The third-order valence-corrected chi connectivity index (χ3v) is 3.05. The number of thiazole rings is 1. The molecule has 2 N–H and O–H groups in total. The first-order valence-corrected chi connectivity index (χ1v) is 5.06. The van der Waals surface area contributed by atoms with Gasteiger partial charge in [-0.3, -0.25) is 0 Å². The summed E-state index contributed by atoms with van der Waals surface area (Å²) in [4.78, 5) is 14.7. The zero-order valence-electron chi connectivity index (χ0n) is 7.04. The van der Waals surface area contributed by atoms with Crippen LogP contribution in [0.1, 0.15) is 28.3 Å². The molecule has 0 aliphatic carbocycles. The lowest BCUT2D eigenvalue weighted by atomic mass is 10.2. The minimum atomic E-state index is -0.931. The van der Waals surface area contributed by atoms with Crippen molar-refractivity contribution in [2.24, 2.45) is 0 Å². The number of aromatic carboxylic acids is 1. The molecule has 0 atom stereocenters. The molecular weight excluding hydrogens is 188 g/mol. The third kappa shape index (κ3) is 1.65. The Labute approximate surface area is 79.6 Å². The smallest absolute Gasteiger partial charge is 0.365 e. The van der Waals surface area contributed by atoms with Gasteiger partial charge in [-0.1, -0.05) is 11.3 Å². The van der Waals surface area contributed by atoms with Gasteiger partial charge < -0.3 is 10.4 Å². The molecule has 0 fully saturated rings. The predicted molar refractivity (Wildman–Crippen MR) is 50.5 cm³/mol. The molecule has 1 aromatic heterocycles. The van der Waals surface area contributed by atoms with Crippen molar-refractivity contribution < 1.29 is 9.90 Å². The summed E-state index contributed by atoms with van der Waals surface area (Å²) in [6.45, 7) is 0.925. The molecule has 13 heavy (non-hydrogen) atoms. The zero-order valence-corrected chi connectivity index (χ0v) is 7.86. The second-order valence-electron chi connectivity index (χ2n) is 2.98. The standard InChI is InChI=1S/C8H10N2O2S/c11-8(12)7-10-5-3-1-2-4-9-6(5)13-7/h9H,1-4H2,(H,11,12). The summed E-state index contributed by atoms with van der Waals surface area (Å²) in [5.41, 5.74) is 0.917. The first-order chi connectivity index (χ1) is 6.27. The lowest BCUT2D eigenvalue weighted by molar-refractivity contribution is 0.0696. The van der Waals surface area contributed by atoms with Gasteiger partial charge in [0.15, 0.2) is 0 Å². The van der Waals surface area contributed by atoms with Gasteiger partial charge in [0, 0.05) is 6.54 Å². The Morgan fingerprint density at radius 2 is 2.38 bits per heavy atom. The van der Waals surface area contributed by atoms with Crippen LogP contribution in [0.25, 0.3) is 0 Å². The van der Waals surface area contributed by atoms with Gasteiger partial charge in [0.05, 0.1) is 5.69 Å². The molecule has 2 heterocycles. The van der Waals surface area contributed by atoms with E-state index in [0.29, 0.717) is 0 Å². The molecule has 1 aliphatic rings. The van der Waals surface area contributed by atoms with Crippen molar-refractivity contribution in [1.29, 1.82) is 0 Å². The highest BCUT2D eigenvalue weighted by Crippen LogP contribution is 2.27. The fraction of sp³-hybridized carbons (Fsp3) is 0.500. The lowest BCUT2D eigenvalue weighted by Crippen LogP contribution is -1.96. The average Bonchev–Trinajstić information content (AvgIpc) is 2.38. The van der Waals surface area contributed by atoms with Gasteiger partial charge in [0.1, 0.15) is 5.00 Å². The van der Waals surface area contributed by atoms with Crippen LogP contribution < -0.4 is 5.32 Å². The Balaban J connectivity index is 2.32. The van der Waals surface area contributed by atoms with E-state index in [2.05, 4.69) is 10.3 Å². The van der Waals surface area contributed by atoms with Crippen molar-refractivity contribution >= 4 is 22.3 Å². The van der Waals surface area contributed by atoms with Crippen LogP contribution in [0.2, 0.25) is 0 Å². The Morgan fingerprint density at radius 1 is 1.54 bits per heavy atom. The van der Waals surface area contributed by atoms with E-state index in [1.807, 2.05) is 0 Å². The van der Waals surface area contributed by atoms with Gasteiger partial charge in [-0.15, -0.1) is 0 Å². The molecule has 5 heteroatoms. The van der Waals surface area contributed by atoms with Crippen LogP contribution in [0.15, 0.2) is 0 Å². The fourth-order valence-corrected chi connectivity index (χ4v) is 2.25. The summed E-state index contributed by atoms with van der Waals surface area (Å²) >= 11 is 1.23. The van der Waals surface area contributed by atoms with E-state index in [1.54, 1.807) is 0 Å². The van der Waals surface area contributed by atoms with Crippen LogP contribution >= 0.6 is 11.3 Å². The molecule has 0 radical (unpaired) electrons. The molecule has 0 saturated heterocycles. The van der Waals surface area contributed by atoms with Gasteiger partial charge >= 0.3 is 5.97 Å². The van der Waals surface area contributed by atoms with Gasteiger partial charge in [-0.25, -0.2) is 9.78 Å². The normalized spacial score (nSPS) is 15.7. The second kappa shape index (κ2) is 3.33. The number of aromatic nitrogens is 1. The van der Waals surface area contributed by atoms with E-state index in [9.17, 15) is 4.79 Å². The van der Waals surface area contributed by atoms with Crippen LogP contribution in [0.4, 0.5) is 5.00 Å². The van der Waals surface area contributed by atoms with Crippen molar-refractivity contribution in [2.45, 2.75) is 19.3 Å². The van der Waals surface area contributed by atoms with Crippen molar-refractivity contribution in [3.05, 3.63) is 10.7 Å². The number of hydrogen-bond acceptors (Lipinski definition) is 4. The maximum atomic E-state index is 10.6. The molecule has 1 aromatic rings. The van der Waals surface area contributed by atoms with Crippen LogP contribution in [0.5, 0.6) is 0 Å². The summed E-state index contributed by atoms with van der Waals surface area (Å²) < 4.78 is 0. The summed E-state index contributed by atoms with van der Waals surface area (Å²) in [5, 5.41) is 13.1. The minimum Gasteiger partial charge on any atom is -0.476 e. The maximum absolute atomic E-state index is 10.6. The number of hydrogen-bond donors (Lipinski definition) is 2. The van der Waals surface area contributed by atoms with E-state index < -0.39 is 5.97 Å². The number of nitrogens with one attached hydrogen (secondary N) is 1. The highest BCUT2D eigenvalue weighted by Gasteiger charge is 2.16. The number of carboxylic acids is 1. The number of carbonyl (C=O) groups is 1. The number of rotatable bonds is 1. The largest absolute Gasteiger partial charge is 0.476 e. The summed E-state index contributed by atoms with van der Waals surface area (Å²) in [5.74, 6) is -0.931. The van der Waals surface area contributed by atoms with Crippen molar-refractivity contribution in [3.8, 4) is 0 Å². The number of carboxylic acid groups (broad SMARTS) is 1. The van der Waals surface area contributed by atoms with E-state index in [-0.39, 0.29) is 5.01 Å². The molecule has 0 aromatic carbocycles. The Morgan fingerprint density at radius 3 is 3.15 bits per heavy atom. The molecule has 0 unspecified atom stereocenters. The van der Waals surface area contributed by atoms with E-state index >= 15 is 0 Å². The summed E-state index contributed by atoms with van der Waals surface area (Å²) in [6.07, 6.45) is 3.11. The third-order valence-electron chi connectivity index (χ3n) is 2.01. The Bertz CT molecular complexity index is 311. The molecule has 0 bridgehead atoms. The lowest BCUT2D eigenvalue weighted by Gasteiger charge is -1.96. The van der Waals surface area contributed by atoms with E-state index in [1.165, 1.54) is 11.3 Å². The zero-order chi connectivity index (χ0) is 9.26. The molecule has 2 rings (SSSR count). The SMILES string of the molecule is O=C(O)c1nc2c(s1)NCCCC2. The highest BCUT2D eigenvalue weighted by atomic mass is 32.1. The fourth-order valence-electron chi connectivity index (χ4n) is 1.37. The maximum Gasteiger partial charge on any atom is 0.365 e. The Kier molecular flexibility index (Phi) is 2.18. The molecular formula is C8H10N2O2S. The van der Waals surface area contributed by atoms with Gasteiger partial charge in [-0.2, -0.15) is 0 Å². The second-order valence-corrected chi connectivity index (χ2v) is 3.98. The average molecular weight is 198 g/mol. The molecule has 0 amide bonds. The van der Waals surface area contributed by atoms with Crippen molar-refractivity contribution in [1.82, 2.24) is 4.98 Å². The van der Waals surface area contributed by atoms with Crippen LogP contribution in [0, 0.1) is 0 Å². The summed E-state index contributed by atoms with van der Waals surface area (Å²) in [6, 6.07) is 0. The van der Waals surface area contributed by atoms with Crippen LogP contribution in [-0.4, -0.2) is 22.6 Å². The van der Waals surface area contributed by atoms with Gasteiger partial charge in [0.25, 0.3) is 0 Å². The molecule has 0 spiro atoms. The van der Waals surface area contributed by atoms with Gasteiger partial charge in [-0.05, 0) is 19.3 Å². The molecule has 1 aliphatic heterocycles.